The van der Waals surface area contributed by atoms with E-state index in [9.17, 15) is 4.39 Å². The van der Waals surface area contributed by atoms with Gasteiger partial charge in [-0.05, 0) is 30.7 Å². The molecule has 1 unspecified atom stereocenters. The van der Waals surface area contributed by atoms with E-state index in [1.165, 1.54) is 6.07 Å². The van der Waals surface area contributed by atoms with Gasteiger partial charge in [-0.1, -0.05) is 56.1 Å². The van der Waals surface area contributed by atoms with Gasteiger partial charge >= 0.3 is 0 Å². The standard InChI is InChI=1S/C15H14Br2FN/c1-10(13-7-6-12(16)8-15(13)18)19-9-11-4-2-3-5-14(11)17/h2-8,10,19H,9H2,1H3. The third-order valence-electron chi connectivity index (χ3n) is 2.99. The summed E-state index contributed by atoms with van der Waals surface area (Å²) in [5.41, 5.74) is 1.84. The molecule has 2 aromatic carbocycles. The lowest BCUT2D eigenvalue weighted by molar-refractivity contribution is 0.527. The third kappa shape index (κ3) is 3.88. The van der Waals surface area contributed by atoms with Crippen LogP contribution >= 0.6 is 31.9 Å². The second-order valence-electron chi connectivity index (χ2n) is 4.36. The second-order valence-corrected chi connectivity index (χ2v) is 6.13. The molecule has 0 fully saturated rings. The summed E-state index contributed by atoms with van der Waals surface area (Å²) in [6.45, 7) is 2.65. The Bertz CT molecular complexity index is 572. The molecular formula is C15H14Br2FN. The summed E-state index contributed by atoms with van der Waals surface area (Å²) >= 11 is 6.77. The van der Waals surface area contributed by atoms with Crippen molar-refractivity contribution in [1.29, 1.82) is 0 Å². The molecule has 0 aliphatic carbocycles. The largest absolute Gasteiger partial charge is 0.306 e. The van der Waals surface area contributed by atoms with Gasteiger partial charge in [0, 0.05) is 27.1 Å². The molecule has 0 saturated heterocycles. The Morgan fingerprint density at radius 1 is 1.16 bits per heavy atom. The van der Waals surface area contributed by atoms with Crippen molar-refractivity contribution < 1.29 is 4.39 Å². The lowest BCUT2D eigenvalue weighted by Crippen LogP contribution is -2.19. The molecule has 0 aliphatic rings. The minimum absolute atomic E-state index is 0.0415. The number of nitrogens with one attached hydrogen (secondary N) is 1. The van der Waals surface area contributed by atoms with Crippen LogP contribution in [-0.2, 0) is 6.54 Å². The maximum absolute atomic E-state index is 13.8. The van der Waals surface area contributed by atoms with Crippen LogP contribution in [0.4, 0.5) is 4.39 Å². The highest BCUT2D eigenvalue weighted by Gasteiger charge is 2.11. The van der Waals surface area contributed by atoms with Crippen LogP contribution in [0.2, 0.25) is 0 Å². The molecule has 19 heavy (non-hydrogen) atoms. The summed E-state index contributed by atoms with van der Waals surface area (Å²) in [6.07, 6.45) is 0. The van der Waals surface area contributed by atoms with E-state index in [1.54, 1.807) is 6.07 Å². The van der Waals surface area contributed by atoms with Gasteiger partial charge in [-0.2, -0.15) is 0 Å². The van der Waals surface area contributed by atoms with E-state index >= 15 is 0 Å². The van der Waals surface area contributed by atoms with Gasteiger partial charge in [0.25, 0.3) is 0 Å². The molecular weight excluding hydrogens is 373 g/mol. The Labute approximate surface area is 129 Å². The van der Waals surface area contributed by atoms with Crippen LogP contribution in [0.25, 0.3) is 0 Å². The van der Waals surface area contributed by atoms with E-state index in [4.69, 9.17) is 0 Å². The molecule has 0 bridgehead atoms. The van der Waals surface area contributed by atoms with Gasteiger partial charge < -0.3 is 5.32 Å². The molecule has 2 rings (SSSR count). The minimum atomic E-state index is -0.193. The molecule has 0 spiro atoms. The molecule has 2 aromatic rings. The van der Waals surface area contributed by atoms with Crippen LogP contribution in [-0.4, -0.2) is 0 Å². The van der Waals surface area contributed by atoms with Crippen LogP contribution in [0.5, 0.6) is 0 Å². The Morgan fingerprint density at radius 2 is 1.89 bits per heavy atom. The molecule has 0 aliphatic heterocycles. The predicted octanol–water partition coefficient (Wildman–Crippen LogP) is 5.20. The average molecular weight is 387 g/mol. The van der Waals surface area contributed by atoms with E-state index in [1.807, 2.05) is 37.3 Å². The number of hydrogen-bond acceptors (Lipinski definition) is 1. The first-order valence-corrected chi connectivity index (χ1v) is 7.58. The smallest absolute Gasteiger partial charge is 0.129 e. The summed E-state index contributed by atoms with van der Waals surface area (Å²) in [4.78, 5) is 0. The van der Waals surface area contributed by atoms with Crippen molar-refractivity contribution in [3.63, 3.8) is 0 Å². The number of rotatable bonds is 4. The van der Waals surface area contributed by atoms with E-state index in [-0.39, 0.29) is 11.9 Å². The molecule has 1 nitrogen and oxygen atoms in total. The fourth-order valence-electron chi connectivity index (χ4n) is 1.87. The molecule has 0 saturated carbocycles. The highest BCUT2D eigenvalue weighted by atomic mass is 79.9. The van der Waals surface area contributed by atoms with Gasteiger partial charge in [0.2, 0.25) is 0 Å². The van der Waals surface area contributed by atoms with E-state index < -0.39 is 0 Å². The number of benzene rings is 2. The fourth-order valence-corrected chi connectivity index (χ4v) is 2.63. The zero-order chi connectivity index (χ0) is 13.8. The van der Waals surface area contributed by atoms with Crippen LogP contribution in [0, 0.1) is 5.82 Å². The summed E-state index contributed by atoms with van der Waals surface area (Å²) in [5.74, 6) is -0.193. The highest BCUT2D eigenvalue weighted by Crippen LogP contribution is 2.22. The SMILES string of the molecule is CC(NCc1ccccc1Br)c1ccc(Br)cc1F. The van der Waals surface area contributed by atoms with Crippen molar-refractivity contribution in [2.24, 2.45) is 0 Å². The topological polar surface area (TPSA) is 12.0 Å². The molecule has 0 aromatic heterocycles. The van der Waals surface area contributed by atoms with Gasteiger partial charge in [-0.3, -0.25) is 0 Å². The van der Waals surface area contributed by atoms with Crippen molar-refractivity contribution in [2.45, 2.75) is 19.5 Å². The first-order chi connectivity index (χ1) is 9.08. The van der Waals surface area contributed by atoms with Crippen LogP contribution in [0.3, 0.4) is 0 Å². The van der Waals surface area contributed by atoms with Gasteiger partial charge in [-0.25, -0.2) is 4.39 Å². The molecule has 1 N–H and O–H groups in total. The normalized spacial score (nSPS) is 12.4. The zero-order valence-electron chi connectivity index (χ0n) is 10.5. The van der Waals surface area contributed by atoms with Crippen LogP contribution < -0.4 is 5.32 Å². The summed E-state index contributed by atoms with van der Waals surface area (Å²) in [5, 5.41) is 3.33. The molecule has 0 heterocycles. The molecule has 1 atom stereocenters. The van der Waals surface area contributed by atoms with Gasteiger partial charge in [0.05, 0.1) is 0 Å². The lowest BCUT2D eigenvalue weighted by Gasteiger charge is -2.16. The summed E-state index contributed by atoms with van der Waals surface area (Å²) in [6, 6.07) is 13.1. The quantitative estimate of drug-likeness (QED) is 0.761. The second kappa shape index (κ2) is 6.64. The first-order valence-electron chi connectivity index (χ1n) is 5.99. The van der Waals surface area contributed by atoms with Crippen molar-refractivity contribution >= 4 is 31.9 Å². The summed E-state index contributed by atoms with van der Waals surface area (Å²) < 4.78 is 15.6. The first kappa shape index (κ1) is 14.7. The maximum Gasteiger partial charge on any atom is 0.129 e. The Kier molecular flexibility index (Phi) is 5.13. The third-order valence-corrected chi connectivity index (χ3v) is 4.25. The average Bonchev–Trinajstić information content (AvgIpc) is 2.37. The van der Waals surface area contributed by atoms with Crippen LogP contribution in [0.1, 0.15) is 24.1 Å². The van der Waals surface area contributed by atoms with Gasteiger partial charge in [0.1, 0.15) is 5.82 Å². The van der Waals surface area contributed by atoms with Crippen molar-refractivity contribution in [3.8, 4) is 0 Å². The fraction of sp³-hybridized carbons (Fsp3) is 0.200. The zero-order valence-corrected chi connectivity index (χ0v) is 13.6. The molecule has 0 radical (unpaired) electrons. The Morgan fingerprint density at radius 3 is 2.58 bits per heavy atom. The van der Waals surface area contributed by atoms with Gasteiger partial charge in [0.15, 0.2) is 0 Å². The van der Waals surface area contributed by atoms with E-state index in [2.05, 4.69) is 37.2 Å². The summed E-state index contributed by atoms with van der Waals surface area (Å²) in [7, 11) is 0. The predicted molar refractivity (Wildman–Crippen MR) is 83.5 cm³/mol. The van der Waals surface area contributed by atoms with Crippen molar-refractivity contribution in [2.75, 3.05) is 0 Å². The minimum Gasteiger partial charge on any atom is -0.306 e. The lowest BCUT2D eigenvalue weighted by atomic mass is 10.1. The highest BCUT2D eigenvalue weighted by molar-refractivity contribution is 9.10. The monoisotopic (exact) mass is 385 g/mol. The molecule has 4 heteroatoms. The van der Waals surface area contributed by atoms with Gasteiger partial charge in [-0.15, -0.1) is 0 Å². The number of halogens is 3. The van der Waals surface area contributed by atoms with E-state index in [0.29, 0.717) is 12.1 Å². The molecule has 100 valence electrons. The number of hydrogen-bond donors (Lipinski definition) is 1. The van der Waals surface area contributed by atoms with E-state index in [0.717, 1.165) is 14.5 Å². The van der Waals surface area contributed by atoms with Crippen molar-refractivity contribution in [1.82, 2.24) is 5.32 Å². The maximum atomic E-state index is 13.8. The van der Waals surface area contributed by atoms with Crippen LogP contribution in [0.15, 0.2) is 51.4 Å². The molecule has 0 amide bonds. The Balaban J connectivity index is 2.05. The van der Waals surface area contributed by atoms with Crippen molar-refractivity contribution in [3.05, 3.63) is 68.4 Å². The Hall–Kier alpha value is -0.710.